The van der Waals surface area contributed by atoms with Crippen LogP contribution in [0.3, 0.4) is 0 Å². The van der Waals surface area contributed by atoms with Crippen molar-refractivity contribution in [3.05, 3.63) is 106 Å². The summed E-state index contributed by atoms with van der Waals surface area (Å²) in [4.78, 5) is 13.8. The number of aromatic amines is 1. The number of ether oxygens (including phenoxy) is 1. The highest BCUT2D eigenvalue weighted by atomic mass is 19.1. The fourth-order valence-corrected chi connectivity index (χ4v) is 5.03. The van der Waals surface area contributed by atoms with E-state index in [1.165, 1.54) is 17.7 Å². The smallest absolute Gasteiger partial charge is 0.434 e. The molecule has 0 radical (unpaired) electrons. The highest BCUT2D eigenvalue weighted by Crippen LogP contribution is 2.33. The predicted octanol–water partition coefficient (Wildman–Crippen LogP) is 4.67. The summed E-state index contributed by atoms with van der Waals surface area (Å²) in [6, 6.07) is 23.2. The maximum atomic E-state index is 13.4. The van der Waals surface area contributed by atoms with Gasteiger partial charge < -0.3 is 14.5 Å². The zero-order valence-corrected chi connectivity index (χ0v) is 20.1. The molecule has 4 aromatic rings. The number of likely N-dealkylation sites (tertiary alicyclic amines) is 1. The van der Waals surface area contributed by atoms with Crippen LogP contribution in [0.25, 0.3) is 11.1 Å². The minimum absolute atomic E-state index is 0.0771. The minimum atomic E-state index is -0.541. The molecule has 8 heteroatoms. The lowest BCUT2D eigenvalue weighted by Crippen LogP contribution is -2.47. The average Bonchev–Trinajstić information content (AvgIpc) is 3.32. The van der Waals surface area contributed by atoms with E-state index in [0.29, 0.717) is 19.0 Å². The number of piperidine rings is 1. The Kier molecular flexibility index (Phi) is 7.25. The number of aromatic nitrogens is 2. The van der Waals surface area contributed by atoms with Crippen molar-refractivity contribution in [2.45, 2.75) is 38.0 Å². The molecule has 7 nitrogen and oxygen atoms in total. The first-order valence-corrected chi connectivity index (χ1v) is 12.1. The number of hydrogen-bond donors (Lipinski definition) is 2. The van der Waals surface area contributed by atoms with Crippen LogP contribution in [0.4, 0.5) is 4.39 Å². The summed E-state index contributed by atoms with van der Waals surface area (Å²) in [6.07, 6.45) is 2.00. The molecule has 2 N–H and O–H groups in total. The summed E-state index contributed by atoms with van der Waals surface area (Å²) in [5.41, 5.74) is 4.18. The second kappa shape index (κ2) is 10.9. The number of hydrogen-bond acceptors (Lipinski definition) is 6. The van der Waals surface area contributed by atoms with Crippen molar-refractivity contribution in [1.29, 1.82) is 0 Å². The maximum absolute atomic E-state index is 13.4. The van der Waals surface area contributed by atoms with Gasteiger partial charge in [0.25, 0.3) is 0 Å². The second-order valence-corrected chi connectivity index (χ2v) is 9.00. The lowest BCUT2D eigenvalue weighted by molar-refractivity contribution is 0.0931. The van der Waals surface area contributed by atoms with Gasteiger partial charge in [0, 0.05) is 18.2 Å². The quantitative estimate of drug-likeness (QED) is 0.375. The predicted molar refractivity (Wildman–Crippen MR) is 135 cm³/mol. The molecular formula is C28H29FN4O3. The van der Waals surface area contributed by atoms with Gasteiger partial charge in [-0.1, -0.05) is 48.5 Å². The van der Waals surface area contributed by atoms with Gasteiger partial charge in [-0.05, 0) is 60.3 Å². The van der Waals surface area contributed by atoms with Gasteiger partial charge in [0.2, 0.25) is 5.89 Å². The van der Waals surface area contributed by atoms with Gasteiger partial charge in [0.15, 0.2) is 0 Å². The Bertz CT molecular complexity index is 1340. The van der Waals surface area contributed by atoms with Gasteiger partial charge in [0.1, 0.15) is 11.6 Å². The summed E-state index contributed by atoms with van der Waals surface area (Å²) in [5, 5.41) is 10.1. The first-order valence-electron chi connectivity index (χ1n) is 12.1. The molecule has 1 saturated heterocycles. The SMILES string of the molecule is COc1ccc(-c2ccc(F)cc2)cc1CNC1CCCN(Cc2n[nH]c(=O)o2)C1c1ccccc1. The summed E-state index contributed by atoms with van der Waals surface area (Å²) in [5.74, 6) is 0.393. The van der Waals surface area contributed by atoms with E-state index in [1.54, 1.807) is 19.2 Å². The van der Waals surface area contributed by atoms with Crippen LogP contribution in [0.5, 0.6) is 5.75 Å². The number of nitrogens with zero attached hydrogens (tertiary/aromatic N) is 2. The number of H-pyrrole nitrogens is 1. The number of benzene rings is 3. The Balaban J connectivity index is 1.39. The number of rotatable bonds is 8. The van der Waals surface area contributed by atoms with Gasteiger partial charge in [0.05, 0.1) is 19.7 Å². The molecule has 1 aliphatic heterocycles. The Labute approximate surface area is 208 Å². The third kappa shape index (κ3) is 5.40. The molecule has 2 atom stereocenters. The molecule has 3 aromatic carbocycles. The minimum Gasteiger partial charge on any atom is -0.496 e. The van der Waals surface area contributed by atoms with E-state index >= 15 is 0 Å². The Hall–Kier alpha value is -3.75. The fourth-order valence-electron chi connectivity index (χ4n) is 5.03. The molecule has 1 aromatic heterocycles. The van der Waals surface area contributed by atoms with Gasteiger partial charge >= 0.3 is 5.76 Å². The molecule has 2 unspecified atom stereocenters. The van der Waals surface area contributed by atoms with Crippen molar-refractivity contribution in [1.82, 2.24) is 20.4 Å². The van der Waals surface area contributed by atoms with Crippen LogP contribution >= 0.6 is 0 Å². The first-order chi connectivity index (χ1) is 17.6. The van der Waals surface area contributed by atoms with Crippen LogP contribution in [-0.2, 0) is 13.1 Å². The summed E-state index contributed by atoms with van der Waals surface area (Å²) < 4.78 is 24.3. The molecule has 186 valence electrons. The van der Waals surface area contributed by atoms with E-state index in [1.807, 2.05) is 30.3 Å². The molecule has 0 spiro atoms. The van der Waals surface area contributed by atoms with E-state index in [-0.39, 0.29) is 17.9 Å². The van der Waals surface area contributed by atoms with Crippen molar-refractivity contribution in [3.63, 3.8) is 0 Å². The fraction of sp³-hybridized carbons (Fsp3) is 0.286. The van der Waals surface area contributed by atoms with Crippen molar-refractivity contribution >= 4 is 0 Å². The molecular weight excluding hydrogens is 459 g/mol. The van der Waals surface area contributed by atoms with Crippen molar-refractivity contribution in [2.75, 3.05) is 13.7 Å². The largest absolute Gasteiger partial charge is 0.496 e. The molecule has 0 aliphatic carbocycles. The lowest BCUT2D eigenvalue weighted by atomic mass is 9.90. The number of halogens is 1. The van der Waals surface area contributed by atoms with Gasteiger partial charge in [-0.15, -0.1) is 5.10 Å². The van der Waals surface area contributed by atoms with E-state index in [4.69, 9.17) is 9.15 Å². The van der Waals surface area contributed by atoms with Crippen molar-refractivity contribution in [2.24, 2.45) is 0 Å². The molecule has 1 aliphatic rings. The highest BCUT2D eigenvalue weighted by molar-refractivity contribution is 5.65. The van der Waals surface area contributed by atoms with Crippen molar-refractivity contribution < 1.29 is 13.5 Å². The van der Waals surface area contributed by atoms with E-state index in [0.717, 1.165) is 41.8 Å². The summed E-state index contributed by atoms with van der Waals surface area (Å²) in [6.45, 7) is 1.93. The second-order valence-electron chi connectivity index (χ2n) is 9.00. The zero-order chi connectivity index (χ0) is 24.9. The van der Waals surface area contributed by atoms with Crippen LogP contribution in [0.2, 0.25) is 0 Å². The standard InChI is InChI=1S/C28H29FN4O3/c1-35-25-14-11-21(19-9-12-23(29)13-10-19)16-22(25)17-30-24-8-5-15-33(18-26-31-32-28(34)36-26)27(24)20-6-3-2-4-7-20/h2-4,6-7,9-14,16,24,27,30H,5,8,15,17-18H2,1H3,(H,32,34). The average molecular weight is 489 g/mol. The zero-order valence-electron chi connectivity index (χ0n) is 20.1. The monoisotopic (exact) mass is 488 g/mol. The third-order valence-corrected chi connectivity index (χ3v) is 6.71. The highest BCUT2D eigenvalue weighted by Gasteiger charge is 2.33. The lowest BCUT2D eigenvalue weighted by Gasteiger charge is -2.41. The number of nitrogens with one attached hydrogen (secondary N) is 2. The molecule has 0 amide bonds. The Morgan fingerprint density at radius 3 is 2.61 bits per heavy atom. The molecule has 0 bridgehead atoms. The first kappa shape index (κ1) is 24.0. The molecule has 5 rings (SSSR count). The van der Waals surface area contributed by atoms with E-state index in [9.17, 15) is 9.18 Å². The summed E-state index contributed by atoms with van der Waals surface area (Å²) >= 11 is 0. The molecule has 0 saturated carbocycles. The van der Waals surface area contributed by atoms with Gasteiger partial charge in [-0.3, -0.25) is 4.90 Å². The van der Waals surface area contributed by atoms with Crippen LogP contribution < -0.4 is 15.8 Å². The van der Waals surface area contributed by atoms with Gasteiger partial charge in [-0.25, -0.2) is 14.3 Å². The van der Waals surface area contributed by atoms with E-state index < -0.39 is 5.76 Å². The Morgan fingerprint density at radius 2 is 1.89 bits per heavy atom. The molecule has 1 fully saturated rings. The topological polar surface area (TPSA) is 83.4 Å². The van der Waals surface area contributed by atoms with Gasteiger partial charge in [-0.2, -0.15) is 0 Å². The summed E-state index contributed by atoms with van der Waals surface area (Å²) in [7, 11) is 1.67. The number of methoxy groups -OCH3 is 1. The molecule has 36 heavy (non-hydrogen) atoms. The Morgan fingerprint density at radius 1 is 1.11 bits per heavy atom. The van der Waals surface area contributed by atoms with Crippen LogP contribution in [0.15, 0.2) is 82.0 Å². The van der Waals surface area contributed by atoms with Crippen molar-refractivity contribution in [3.8, 4) is 16.9 Å². The molecule has 2 heterocycles. The third-order valence-electron chi connectivity index (χ3n) is 6.71. The van der Waals surface area contributed by atoms with Crippen LogP contribution in [0, 0.1) is 5.82 Å². The normalized spacial score (nSPS) is 18.3. The van der Waals surface area contributed by atoms with E-state index in [2.05, 4.69) is 38.6 Å². The maximum Gasteiger partial charge on any atom is 0.434 e. The van der Waals surface area contributed by atoms with Crippen LogP contribution in [0.1, 0.15) is 35.9 Å². The van der Waals surface area contributed by atoms with Crippen LogP contribution in [-0.4, -0.2) is 34.8 Å².